The zero-order valence-electron chi connectivity index (χ0n) is 21.7. The summed E-state index contributed by atoms with van der Waals surface area (Å²) in [7, 11) is 0. The minimum Gasteiger partial charge on any atom is -0.365 e. The number of aryl methyl sites for hydroxylation is 1. The first-order valence-electron chi connectivity index (χ1n) is 13.0. The number of halogens is 1. The van der Waals surface area contributed by atoms with Crippen molar-refractivity contribution in [2.24, 2.45) is 5.73 Å². The second kappa shape index (κ2) is 10.1. The number of fused-ring (bicyclic) bond motifs is 3. The van der Waals surface area contributed by atoms with E-state index in [1.807, 2.05) is 0 Å². The number of carbonyl (C=O) groups is 3. The molecule has 2 aliphatic rings. The van der Waals surface area contributed by atoms with Crippen LogP contribution >= 0.6 is 0 Å². The Morgan fingerprint density at radius 1 is 1.00 bits per heavy atom. The van der Waals surface area contributed by atoms with E-state index in [-0.39, 0.29) is 17.0 Å². The molecular weight excluding hydrogens is 515 g/mol. The van der Waals surface area contributed by atoms with Crippen molar-refractivity contribution in [1.29, 1.82) is 0 Å². The average Bonchev–Trinajstić information content (AvgIpc) is 3.64. The monoisotopic (exact) mass is 542 g/mol. The SMILES string of the molecule is Cc1ncc(NC(=O)CN2C3CCC2CC3)cc1NC(=O)c1ccc(-c2cn3ncc(C(N)=O)c3cn2)cc1F. The second-order valence-electron chi connectivity index (χ2n) is 10.2. The molecule has 5 heterocycles. The summed E-state index contributed by atoms with van der Waals surface area (Å²) in [6.07, 6.45) is 10.4. The largest absolute Gasteiger partial charge is 0.365 e. The predicted octanol–water partition coefficient (Wildman–Crippen LogP) is 3.16. The lowest BCUT2D eigenvalue weighted by molar-refractivity contribution is -0.117. The number of nitrogens with one attached hydrogen (secondary N) is 2. The van der Waals surface area contributed by atoms with Crippen LogP contribution in [0.1, 0.15) is 52.1 Å². The van der Waals surface area contributed by atoms with Crippen molar-refractivity contribution < 1.29 is 18.8 Å². The average molecular weight is 543 g/mol. The first kappa shape index (κ1) is 25.6. The highest BCUT2D eigenvalue weighted by Crippen LogP contribution is 2.37. The van der Waals surface area contributed by atoms with Crippen molar-refractivity contribution in [3.8, 4) is 11.3 Å². The summed E-state index contributed by atoms with van der Waals surface area (Å²) in [4.78, 5) is 48.0. The molecule has 12 heteroatoms. The summed E-state index contributed by atoms with van der Waals surface area (Å²) in [5.74, 6) is -2.16. The summed E-state index contributed by atoms with van der Waals surface area (Å²) in [5.41, 5.74) is 7.97. The topological polar surface area (TPSA) is 148 Å². The maximum atomic E-state index is 15.1. The number of hydrogen-bond donors (Lipinski definition) is 3. The van der Waals surface area contributed by atoms with E-state index in [0.717, 1.165) is 25.7 Å². The highest BCUT2D eigenvalue weighted by Gasteiger charge is 2.39. The standard InChI is InChI=1S/C28H27FN8O3/c1-15-23(9-17(10-31-15)34-26(38)14-36-18-3-4-19(36)6-5-18)35-28(40)20-7-2-16(8-22(20)29)24-13-37-25(12-32-24)21(11-33-37)27(30)39/h2,7-13,18-19H,3-6,14H2,1H3,(H2,30,39)(H,34,38)(H,35,40). The first-order valence-corrected chi connectivity index (χ1v) is 13.0. The van der Waals surface area contributed by atoms with Crippen LogP contribution in [-0.4, -0.2) is 60.8 Å². The number of benzene rings is 1. The zero-order chi connectivity index (χ0) is 28.0. The highest BCUT2D eigenvalue weighted by molar-refractivity contribution is 6.05. The van der Waals surface area contributed by atoms with Crippen molar-refractivity contribution in [3.05, 3.63) is 71.7 Å². The van der Waals surface area contributed by atoms with E-state index in [2.05, 4.69) is 30.6 Å². The number of nitrogens with zero attached hydrogens (tertiary/aromatic N) is 5. The van der Waals surface area contributed by atoms with E-state index in [0.29, 0.717) is 52.5 Å². The van der Waals surface area contributed by atoms with Crippen LogP contribution in [0.15, 0.2) is 49.1 Å². The molecule has 0 aliphatic carbocycles. The molecule has 6 rings (SSSR count). The Morgan fingerprint density at radius 2 is 1.75 bits per heavy atom. The van der Waals surface area contributed by atoms with Gasteiger partial charge in [-0.05, 0) is 50.8 Å². The van der Waals surface area contributed by atoms with Gasteiger partial charge in [-0.2, -0.15) is 5.10 Å². The molecule has 0 saturated carbocycles. The lowest BCUT2D eigenvalue weighted by Gasteiger charge is -2.20. The quantitative estimate of drug-likeness (QED) is 0.325. The molecule has 0 spiro atoms. The third kappa shape index (κ3) is 4.77. The molecule has 2 aliphatic heterocycles. The van der Waals surface area contributed by atoms with Gasteiger partial charge in [-0.25, -0.2) is 8.91 Å². The number of amides is 3. The molecule has 3 aromatic heterocycles. The third-order valence-corrected chi connectivity index (χ3v) is 7.73. The predicted molar refractivity (Wildman–Crippen MR) is 145 cm³/mol. The summed E-state index contributed by atoms with van der Waals surface area (Å²) in [6.45, 7) is 2.04. The van der Waals surface area contributed by atoms with Gasteiger partial charge in [-0.15, -0.1) is 0 Å². The Morgan fingerprint density at radius 3 is 2.45 bits per heavy atom. The highest BCUT2D eigenvalue weighted by atomic mass is 19.1. The molecule has 4 aromatic rings. The number of hydrogen-bond acceptors (Lipinski definition) is 7. The van der Waals surface area contributed by atoms with Gasteiger partial charge < -0.3 is 16.4 Å². The molecule has 0 radical (unpaired) electrons. The lowest BCUT2D eigenvalue weighted by Crippen LogP contribution is -2.36. The van der Waals surface area contributed by atoms with Crippen LogP contribution in [0.2, 0.25) is 0 Å². The van der Waals surface area contributed by atoms with Crippen molar-refractivity contribution in [3.63, 3.8) is 0 Å². The minimum absolute atomic E-state index is 0.129. The smallest absolute Gasteiger partial charge is 0.258 e. The van der Waals surface area contributed by atoms with E-state index >= 15 is 4.39 Å². The number of carbonyl (C=O) groups excluding carboxylic acids is 3. The molecule has 2 bridgehead atoms. The van der Waals surface area contributed by atoms with Crippen molar-refractivity contribution in [1.82, 2.24) is 24.5 Å². The molecule has 204 valence electrons. The second-order valence-corrected chi connectivity index (χ2v) is 10.2. The molecule has 0 atom stereocenters. The number of nitrogens with two attached hydrogens (primary N) is 1. The fourth-order valence-electron chi connectivity index (χ4n) is 5.64. The van der Waals surface area contributed by atoms with Gasteiger partial charge in [0.05, 0.1) is 70.7 Å². The number of rotatable bonds is 7. The summed E-state index contributed by atoms with van der Waals surface area (Å²) in [5, 5.41) is 9.66. The van der Waals surface area contributed by atoms with Crippen LogP contribution in [0, 0.1) is 12.7 Å². The Kier molecular flexibility index (Phi) is 6.46. The van der Waals surface area contributed by atoms with E-state index in [9.17, 15) is 14.4 Å². The molecule has 0 unspecified atom stereocenters. The Balaban J connectivity index is 1.15. The normalized spacial score (nSPS) is 18.2. The minimum atomic E-state index is -0.745. The molecule has 40 heavy (non-hydrogen) atoms. The third-order valence-electron chi connectivity index (χ3n) is 7.73. The molecule has 3 amide bonds. The first-order chi connectivity index (χ1) is 19.3. The van der Waals surface area contributed by atoms with Crippen LogP contribution in [0.25, 0.3) is 16.8 Å². The maximum Gasteiger partial charge on any atom is 0.258 e. The van der Waals surface area contributed by atoms with E-state index in [4.69, 9.17) is 5.73 Å². The lowest BCUT2D eigenvalue weighted by atomic mass is 10.0. The van der Waals surface area contributed by atoms with E-state index in [1.165, 1.54) is 35.2 Å². The van der Waals surface area contributed by atoms with Gasteiger partial charge in [0.2, 0.25) is 5.91 Å². The van der Waals surface area contributed by atoms with Gasteiger partial charge in [0.15, 0.2) is 0 Å². The van der Waals surface area contributed by atoms with Gasteiger partial charge in [0.25, 0.3) is 11.8 Å². The Bertz CT molecular complexity index is 1650. The Labute approximate surface area is 228 Å². The molecule has 4 N–H and O–H groups in total. The van der Waals surface area contributed by atoms with Crippen LogP contribution in [0.4, 0.5) is 15.8 Å². The van der Waals surface area contributed by atoms with Crippen molar-refractivity contribution in [2.75, 3.05) is 17.2 Å². The summed E-state index contributed by atoms with van der Waals surface area (Å²) < 4.78 is 16.5. The fraction of sp³-hybridized carbons (Fsp3) is 0.286. The van der Waals surface area contributed by atoms with E-state index in [1.54, 1.807) is 25.3 Å². The van der Waals surface area contributed by atoms with Gasteiger partial charge in [0.1, 0.15) is 5.82 Å². The number of pyridine rings is 1. The Hall–Kier alpha value is -4.71. The van der Waals surface area contributed by atoms with Gasteiger partial charge in [-0.1, -0.05) is 6.07 Å². The molecule has 2 fully saturated rings. The van der Waals surface area contributed by atoms with Crippen LogP contribution in [0.5, 0.6) is 0 Å². The maximum absolute atomic E-state index is 15.1. The van der Waals surface area contributed by atoms with Crippen molar-refractivity contribution >= 4 is 34.6 Å². The van der Waals surface area contributed by atoms with Gasteiger partial charge in [0, 0.05) is 17.6 Å². The summed E-state index contributed by atoms with van der Waals surface area (Å²) >= 11 is 0. The fourth-order valence-corrected chi connectivity index (χ4v) is 5.64. The zero-order valence-corrected chi connectivity index (χ0v) is 21.7. The van der Waals surface area contributed by atoms with Gasteiger partial charge in [-0.3, -0.25) is 29.3 Å². The van der Waals surface area contributed by atoms with Crippen molar-refractivity contribution in [2.45, 2.75) is 44.7 Å². The number of anilines is 2. The number of primary amides is 1. The molecule has 11 nitrogen and oxygen atoms in total. The van der Waals surface area contributed by atoms with E-state index < -0.39 is 17.6 Å². The van der Waals surface area contributed by atoms with Crippen LogP contribution in [0.3, 0.4) is 0 Å². The van der Waals surface area contributed by atoms with Crippen LogP contribution < -0.4 is 16.4 Å². The molecular formula is C28H27FN8O3. The summed E-state index contributed by atoms with van der Waals surface area (Å²) in [6, 6.07) is 6.73. The van der Waals surface area contributed by atoms with Crippen LogP contribution in [-0.2, 0) is 4.79 Å². The number of aromatic nitrogens is 4. The molecule has 2 saturated heterocycles. The van der Waals surface area contributed by atoms with Gasteiger partial charge >= 0.3 is 0 Å². The molecule has 1 aromatic carbocycles.